The predicted molar refractivity (Wildman–Crippen MR) is 58.8 cm³/mol. The van der Waals surface area contributed by atoms with E-state index in [2.05, 4.69) is 0 Å². The number of aliphatic hydroxyl groups is 1. The molecule has 7 nitrogen and oxygen atoms in total. The van der Waals surface area contributed by atoms with Crippen molar-refractivity contribution in [2.45, 2.75) is 0 Å². The number of imide groups is 1. The Balaban J connectivity index is -0.000000845. The van der Waals surface area contributed by atoms with Crippen LogP contribution in [0.25, 0.3) is 0 Å². The summed E-state index contributed by atoms with van der Waals surface area (Å²) in [5.41, 5.74) is 0. The number of hydrogen-bond acceptors (Lipinski definition) is 4. The molecule has 0 aromatic carbocycles. The molecule has 84 valence electrons. The Morgan fingerprint density at radius 2 is 1.44 bits per heavy atom. The summed E-state index contributed by atoms with van der Waals surface area (Å²) in [5.74, 6) is 0. The van der Waals surface area contributed by atoms with E-state index in [1.165, 1.54) is 0 Å². The first-order chi connectivity index (χ1) is 6.49. The second-order valence-corrected chi connectivity index (χ2v) is 2.74. The summed E-state index contributed by atoms with van der Waals surface area (Å²) in [6.07, 6.45) is -2.98. The van der Waals surface area contributed by atoms with Crippen molar-refractivity contribution in [3.63, 3.8) is 0 Å². The van der Waals surface area contributed by atoms with Gasteiger partial charge < -0.3 is 20.2 Å². The zero-order chi connectivity index (χ0) is 11.1. The van der Waals surface area contributed by atoms with Gasteiger partial charge in [0.15, 0.2) is 0 Å². The van der Waals surface area contributed by atoms with Gasteiger partial charge in [-0.3, -0.25) is 0 Å². The molecule has 0 aromatic heterocycles. The van der Waals surface area contributed by atoms with Crippen LogP contribution >= 0.6 is 0 Å². The minimum atomic E-state index is -1.49. The van der Waals surface area contributed by atoms with Gasteiger partial charge in [-0.2, -0.15) is 0 Å². The van der Waals surface area contributed by atoms with Crippen LogP contribution in [0.5, 0.6) is 0 Å². The summed E-state index contributed by atoms with van der Waals surface area (Å²) in [7, 11) is 1.66. The van der Waals surface area contributed by atoms with Gasteiger partial charge in [-0.15, -0.1) is 0 Å². The van der Waals surface area contributed by atoms with Crippen LogP contribution in [0.15, 0.2) is 0 Å². The number of aliphatic hydroxyl groups excluding tert-OH is 1. The van der Waals surface area contributed by atoms with Gasteiger partial charge in [0.05, 0.1) is 6.61 Å². The Labute approximate surface area is 138 Å². The first-order valence-electron chi connectivity index (χ1n) is 4.01. The fourth-order valence-electron chi connectivity index (χ4n) is 0.826. The topological polar surface area (TPSA) is 101 Å². The van der Waals surface area contributed by atoms with E-state index in [1.807, 2.05) is 0 Å². The normalized spacial score (nSPS) is 8.94. The first-order valence-corrected chi connectivity index (χ1v) is 4.01. The molecule has 0 saturated carbocycles. The van der Waals surface area contributed by atoms with Crippen molar-refractivity contribution in [1.29, 1.82) is 0 Å². The Bertz CT molecular complexity index is 203. The molecule has 0 saturated heterocycles. The molecule has 9 heteroatoms. The molecule has 0 aliphatic heterocycles. The van der Waals surface area contributed by atoms with Gasteiger partial charge in [-0.05, 0) is 7.05 Å². The number of amides is 2. The summed E-state index contributed by atoms with van der Waals surface area (Å²) in [6, 6.07) is 0. The van der Waals surface area contributed by atoms with Gasteiger partial charge >= 0.3 is 12.2 Å². The smallest absolute Gasteiger partial charge is 0.416 e. The fraction of sp³-hybridized carbons (Fsp3) is 0.714. The third kappa shape index (κ3) is 9.86. The Morgan fingerprint density at radius 1 is 1.00 bits per heavy atom. The van der Waals surface area contributed by atoms with Crippen molar-refractivity contribution in [1.82, 2.24) is 9.80 Å². The third-order valence-electron chi connectivity index (χ3n) is 1.65. The van der Waals surface area contributed by atoms with Crippen LogP contribution in [0.2, 0.25) is 0 Å². The van der Waals surface area contributed by atoms with Crippen LogP contribution in [0, 0.1) is 0 Å². The fourth-order valence-corrected chi connectivity index (χ4v) is 0.826. The monoisotopic (exact) mass is 252 g/mol. The van der Waals surface area contributed by atoms with Crippen molar-refractivity contribution >= 4 is 71.3 Å². The first kappa shape index (κ1) is 21.9. The maximum absolute atomic E-state index is 10.4. The molecule has 2 amide bonds. The largest absolute Gasteiger partial charge is 0.465 e. The number of likely N-dealkylation sites (N-methyl/N-ethyl adjacent to an activating group) is 1. The molecule has 0 spiro atoms. The average molecular weight is 252 g/mol. The molecule has 0 heterocycles. The molecule has 3 N–H and O–H groups in total. The summed E-state index contributed by atoms with van der Waals surface area (Å²) in [5, 5.41) is 25.5. The molecule has 0 fully saturated rings. The van der Waals surface area contributed by atoms with Gasteiger partial charge in [0.1, 0.15) is 0 Å². The van der Waals surface area contributed by atoms with E-state index >= 15 is 0 Å². The van der Waals surface area contributed by atoms with Gasteiger partial charge in [0.2, 0.25) is 0 Å². The van der Waals surface area contributed by atoms with Crippen molar-refractivity contribution in [3.8, 4) is 0 Å². The van der Waals surface area contributed by atoms with Crippen LogP contribution in [0.4, 0.5) is 9.59 Å². The average Bonchev–Trinajstić information content (AvgIpc) is 2.03. The summed E-state index contributed by atoms with van der Waals surface area (Å²) >= 11 is 0. The van der Waals surface area contributed by atoms with E-state index < -0.39 is 12.2 Å². The SMILES string of the molecule is CN(CCO)CCN(C(=O)O)C(=O)O.[Na].[Na]. The minimum absolute atomic E-state index is 0. The summed E-state index contributed by atoms with van der Waals surface area (Å²) < 4.78 is 0. The van der Waals surface area contributed by atoms with Crippen LogP contribution in [0.3, 0.4) is 0 Å². The van der Waals surface area contributed by atoms with E-state index in [1.54, 1.807) is 11.9 Å². The standard InChI is InChI=1S/C7H14N2O5.2Na/c1-8(4-5-10)2-3-9(6(11)12)7(13)14;;/h10H,2-5H2,1H3,(H,11,12)(H,13,14);;. The number of carbonyl (C=O) groups is 2. The van der Waals surface area contributed by atoms with Gasteiger partial charge in [0, 0.05) is 78.7 Å². The van der Waals surface area contributed by atoms with Crippen LogP contribution in [-0.4, -0.2) is 130 Å². The number of carboxylic acid groups (broad SMARTS) is 2. The Hall–Kier alpha value is 0.660. The van der Waals surface area contributed by atoms with E-state index in [-0.39, 0.29) is 78.8 Å². The molecule has 0 bridgehead atoms. The molecular weight excluding hydrogens is 238 g/mol. The molecule has 0 aliphatic carbocycles. The summed E-state index contributed by atoms with van der Waals surface area (Å²) in [6.45, 7) is 0.476. The van der Waals surface area contributed by atoms with Crippen molar-refractivity contribution in [3.05, 3.63) is 0 Å². The molecule has 0 unspecified atom stereocenters. The van der Waals surface area contributed by atoms with Crippen LogP contribution < -0.4 is 0 Å². The zero-order valence-electron chi connectivity index (χ0n) is 9.88. The van der Waals surface area contributed by atoms with Crippen LogP contribution in [0.1, 0.15) is 0 Å². The van der Waals surface area contributed by atoms with E-state index in [4.69, 9.17) is 15.3 Å². The molecular formula is C7H14N2Na2O5. The molecule has 16 heavy (non-hydrogen) atoms. The number of rotatable bonds is 5. The number of hydrogen-bond donors (Lipinski definition) is 3. The van der Waals surface area contributed by atoms with Crippen molar-refractivity contribution in [2.24, 2.45) is 0 Å². The maximum atomic E-state index is 10.4. The van der Waals surface area contributed by atoms with Gasteiger partial charge in [-0.1, -0.05) is 0 Å². The summed E-state index contributed by atoms with van der Waals surface area (Å²) in [4.78, 5) is 22.7. The predicted octanol–water partition coefficient (Wildman–Crippen LogP) is -1.19. The Morgan fingerprint density at radius 3 is 1.75 bits per heavy atom. The number of nitrogens with zero attached hydrogens (tertiary/aromatic N) is 2. The van der Waals surface area contributed by atoms with E-state index in [9.17, 15) is 9.59 Å². The third-order valence-corrected chi connectivity index (χ3v) is 1.65. The van der Waals surface area contributed by atoms with Gasteiger partial charge in [-0.25, -0.2) is 14.5 Å². The van der Waals surface area contributed by atoms with Crippen molar-refractivity contribution < 1.29 is 24.9 Å². The molecule has 2 radical (unpaired) electrons. The quantitative estimate of drug-likeness (QED) is 0.532. The van der Waals surface area contributed by atoms with Crippen LogP contribution in [-0.2, 0) is 0 Å². The second-order valence-electron chi connectivity index (χ2n) is 2.74. The van der Waals surface area contributed by atoms with Crippen molar-refractivity contribution in [2.75, 3.05) is 33.3 Å². The molecule has 0 aliphatic rings. The zero-order valence-corrected chi connectivity index (χ0v) is 13.9. The molecule has 0 rings (SSSR count). The Kier molecular flexibility index (Phi) is 16.6. The van der Waals surface area contributed by atoms with E-state index in [0.29, 0.717) is 11.4 Å². The second kappa shape index (κ2) is 12.1. The van der Waals surface area contributed by atoms with Gasteiger partial charge in [0.25, 0.3) is 0 Å². The minimum Gasteiger partial charge on any atom is -0.465 e. The van der Waals surface area contributed by atoms with E-state index in [0.717, 1.165) is 0 Å². The molecule has 0 aromatic rings. The molecule has 0 atom stereocenters. The maximum Gasteiger partial charge on any atom is 0.416 e.